The molecule has 0 spiro atoms. The van der Waals surface area contributed by atoms with Crippen LogP contribution in [0.5, 0.6) is 0 Å². The number of aliphatic hydroxyl groups excluding tert-OH is 1. The Balaban J connectivity index is 3.16. The molecule has 118 valence electrons. The number of aliphatic hydroxyl groups is 1. The summed E-state index contributed by atoms with van der Waals surface area (Å²) in [5.41, 5.74) is 0.952. The second kappa shape index (κ2) is 7.04. The van der Waals surface area contributed by atoms with Crippen LogP contribution in [0.2, 0.25) is 0 Å². The lowest BCUT2D eigenvalue weighted by Crippen LogP contribution is -2.39. The Kier molecular flexibility index (Phi) is 5.92. The first kappa shape index (κ1) is 17.7. The van der Waals surface area contributed by atoms with Crippen molar-refractivity contribution in [2.75, 3.05) is 14.1 Å². The van der Waals surface area contributed by atoms with Crippen molar-refractivity contribution in [3.05, 3.63) is 29.8 Å². The van der Waals surface area contributed by atoms with Crippen LogP contribution in [0.4, 0.5) is 0 Å². The van der Waals surface area contributed by atoms with Gasteiger partial charge in [0.05, 0.1) is 11.0 Å². The number of aryl methyl sites for hydroxylation is 1. The molecule has 2 atom stereocenters. The quantitative estimate of drug-likeness (QED) is 0.861. The van der Waals surface area contributed by atoms with Crippen molar-refractivity contribution >= 4 is 15.7 Å². The maximum Gasteiger partial charge on any atom is 0.240 e. The molecule has 0 saturated heterocycles. The molecular weight excluding hydrogens is 290 g/mol. The Morgan fingerprint density at radius 2 is 1.71 bits per heavy atom. The Morgan fingerprint density at radius 1 is 1.19 bits per heavy atom. The van der Waals surface area contributed by atoms with E-state index in [1.807, 2.05) is 6.92 Å². The second-order valence-electron chi connectivity index (χ2n) is 5.51. The lowest BCUT2D eigenvalue weighted by Gasteiger charge is -2.21. The molecule has 1 N–H and O–H groups in total. The highest BCUT2D eigenvalue weighted by atomic mass is 32.2. The predicted octanol–water partition coefficient (Wildman–Crippen LogP) is 1.39. The Hall–Kier alpha value is -1.40. The van der Waals surface area contributed by atoms with Gasteiger partial charge in [-0.15, -0.1) is 0 Å². The van der Waals surface area contributed by atoms with Gasteiger partial charge in [0.25, 0.3) is 0 Å². The minimum atomic E-state index is -3.76. The van der Waals surface area contributed by atoms with Gasteiger partial charge in [-0.25, -0.2) is 8.42 Å². The summed E-state index contributed by atoms with van der Waals surface area (Å²) in [5.74, 6) is -0.462. The van der Waals surface area contributed by atoms with Gasteiger partial charge in [-0.2, -0.15) is 0 Å². The Morgan fingerprint density at radius 3 is 2.14 bits per heavy atom. The van der Waals surface area contributed by atoms with E-state index < -0.39 is 27.1 Å². The SMILES string of the molecule is Cc1ccc(S(=O)(=O)C(CC[C@H](C)O)C(=O)N(C)C)cc1. The standard InChI is InChI=1S/C15H23NO4S/c1-11-5-8-13(9-6-11)21(19,20)14(10-7-12(2)17)15(18)16(3)4/h5-6,8-9,12,14,17H,7,10H2,1-4H3/t12-,14?/m0/s1. The number of nitrogens with zero attached hydrogens (tertiary/aromatic N) is 1. The number of sulfone groups is 1. The van der Waals surface area contributed by atoms with Crippen LogP contribution < -0.4 is 0 Å². The Bertz CT molecular complexity index is 576. The molecule has 5 nitrogen and oxygen atoms in total. The number of carbonyl (C=O) groups excluding carboxylic acids is 1. The topological polar surface area (TPSA) is 74.7 Å². The highest BCUT2D eigenvalue weighted by Crippen LogP contribution is 2.22. The molecule has 1 aromatic rings. The van der Waals surface area contributed by atoms with Crippen LogP contribution in [0.15, 0.2) is 29.2 Å². The first-order valence-electron chi connectivity index (χ1n) is 6.86. The van der Waals surface area contributed by atoms with Crippen LogP contribution in [0, 0.1) is 6.92 Å². The van der Waals surface area contributed by atoms with E-state index in [2.05, 4.69) is 0 Å². The predicted molar refractivity (Wildman–Crippen MR) is 81.8 cm³/mol. The van der Waals surface area contributed by atoms with E-state index >= 15 is 0 Å². The molecule has 1 amide bonds. The van der Waals surface area contributed by atoms with Gasteiger partial charge in [0.15, 0.2) is 9.84 Å². The molecule has 0 aliphatic rings. The van der Waals surface area contributed by atoms with Crippen molar-refractivity contribution in [3.63, 3.8) is 0 Å². The maximum atomic E-state index is 12.7. The van der Waals surface area contributed by atoms with Crippen LogP contribution >= 0.6 is 0 Å². The molecule has 0 aliphatic heterocycles. The molecule has 0 radical (unpaired) electrons. The van der Waals surface area contributed by atoms with Gasteiger partial charge in [-0.3, -0.25) is 4.79 Å². The molecule has 1 rings (SSSR count). The summed E-state index contributed by atoms with van der Waals surface area (Å²) in [6.07, 6.45) is -0.282. The molecular formula is C15H23NO4S. The summed E-state index contributed by atoms with van der Waals surface area (Å²) < 4.78 is 25.3. The number of amides is 1. The molecule has 1 unspecified atom stereocenters. The number of carbonyl (C=O) groups is 1. The number of benzene rings is 1. The third kappa shape index (κ3) is 4.54. The lowest BCUT2D eigenvalue weighted by molar-refractivity contribution is -0.128. The smallest absolute Gasteiger partial charge is 0.240 e. The third-order valence-corrected chi connectivity index (χ3v) is 5.40. The highest BCUT2D eigenvalue weighted by molar-refractivity contribution is 7.92. The average Bonchev–Trinajstić information content (AvgIpc) is 2.38. The van der Waals surface area contributed by atoms with E-state index in [1.165, 1.54) is 31.1 Å². The van der Waals surface area contributed by atoms with Crippen LogP contribution in [0.1, 0.15) is 25.3 Å². The normalized spacial score (nSPS) is 14.5. The van der Waals surface area contributed by atoms with E-state index in [4.69, 9.17) is 0 Å². The van der Waals surface area contributed by atoms with Gasteiger partial charge in [-0.1, -0.05) is 17.7 Å². The molecule has 0 saturated carbocycles. The largest absolute Gasteiger partial charge is 0.393 e. The van der Waals surface area contributed by atoms with Crippen LogP contribution in [-0.4, -0.2) is 49.8 Å². The van der Waals surface area contributed by atoms with Gasteiger partial charge < -0.3 is 10.0 Å². The number of hydrogen-bond acceptors (Lipinski definition) is 4. The van der Waals surface area contributed by atoms with E-state index in [0.717, 1.165) is 5.56 Å². The van der Waals surface area contributed by atoms with E-state index in [9.17, 15) is 18.3 Å². The van der Waals surface area contributed by atoms with Gasteiger partial charge in [-0.05, 0) is 38.8 Å². The molecule has 21 heavy (non-hydrogen) atoms. The third-order valence-electron chi connectivity index (χ3n) is 3.29. The fourth-order valence-electron chi connectivity index (χ4n) is 1.98. The van der Waals surface area contributed by atoms with Gasteiger partial charge in [0, 0.05) is 14.1 Å². The fourth-order valence-corrected chi connectivity index (χ4v) is 3.75. The fraction of sp³-hybridized carbons (Fsp3) is 0.533. The lowest BCUT2D eigenvalue weighted by atomic mass is 10.1. The van der Waals surface area contributed by atoms with Crippen LogP contribution in [-0.2, 0) is 14.6 Å². The zero-order chi connectivity index (χ0) is 16.2. The minimum Gasteiger partial charge on any atom is -0.393 e. The molecule has 0 heterocycles. The van der Waals surface area contributed by atoms with E-state index in [0.29, 0.717) is 0 Å². The van der Waals surface area contributed by atoms with Crippen molar-refractivity contribution in [1.82, 2.24) is 4.90 Å². The van der Waals surface area contributed by atoms with Gasteiger partial charge in [0.1, 0.15) is 5.25 Å². The zero-order valence-electron chi connectivity index (χ0n) is 12.9. The van der Waals surface area contributed by atoms with Gasteiger partial charge >= 0.3 is 0 Å². The van der Waals surface area contributed by atoms with E-state index in [-0.39, 0.29) is 17.7 Å². The summed E-state index contributed by atoms with van der Waals surface area (Å²) in [7, 11) is -0.700. The summed E-state index contributed by atoms with van der Waals surface area (Å²) in [6.45, 7) is 3.45. The highest BCUT2D eigenvalue weighted by Gasteiger charge is 2.34. The molecule has 1 aromatic carbocycles. The number of rotatable bonds is 6. The van der Waals surface area contributed by atoms with Gasteiger partial charge in [0.2, 0.25) is 5.91 Å². The summed E-state index contributed by atoms with van der Waals surface area (Å²) in [5, 5.41) is 8.21. The number of hydrogen-bond donors (Lipinski definition) is 1. The first-order chi connectivity index (χ1) is 9.66. The van der Waals surface area contributed by atoms with Crippen molar-refractivity contribution in [3.8, 4) is 0 Å². The molecule has 0 aromatic heterocycles. The van der Waals surface area contributed by atoms with Crippen molar-refractivity contribution in [2.45, 2.75) is 42.9 Å². The molecule has 0 bridgehead atoms. The summed E-state index contributed by atoms with van der Waals surface area (Å²) >= 11 is 0. The monoisotopic (exact) mass is 313 g/mol. The second-order valence-corrected chi connectivity index (χ2v) is 7.64. The summed E-state index contributed by atoms with van der Waals surface area (Å²) in [6, 6.07) is 6.45. The molecule has 0 aliphatic carbocycles. The van der Waals surface area contributed by atoms with Crippen LogP contribution in [0.3, 0.4) is 0 Å². The van der Waals surface area contributed by atoms with Crippen LogP contribution in [0.25, 0.3) is 0 Å². The van der Waals surface area contributed by atoms with E-state index in [1.54, 1.807) is 19.1 Å². The first-order valence-corrected chi connectivity index (χ1v) is 8.40. The zero-order valence-corrected chi connectivity index (χ0v) is 13.7. The van der Waals surface area contributed by atoms with Crippen molar-refractivity contribution < 1.29 is 18.3 Å². The molecule has 0 fully saturated rings. The summed E-state index contributed by atoms with van der Waals surface area (Å²) in [4.78, 5) is 13.6. The van der Waals surface area contributed by atoms with Crippen molar-refractivity contribution in [1.29, 1.82) is 0 Å². The maximum absolute atomic E-state index is 12.7. The molecule has 6 heteroatoms. The minimum absolute atomic E-state index is 0.102. The average molecular weight is 313 g/mol. The Labute approximate surface area is 126 Å². The van der Waals surface area contributed by atoms with Crippen molar-refractivity contribution in [2.24, 2.45) is 0 Å².